The van der Waals surface area contributed by atoms with Crippen LogP contribution in [0.4, 0.5) is 0 Å². The molecule has 0 spiro atoms. The van der Waals surface area contributed by atoms with Crippen LogP contribution in [-0.4, -0.2) is 45.2 Å². The summed E-state index contributed by atoms with van der Waals surface area (Å²) in [6, 6.07) is 0. The minimum absolute atomic E-state index is 0.194. The molecule has 0 heterocycles. The third-order valence-electron chi connectivity index (χ3n) is 4.43. The number of unbranched alkanes of at least 4 members (excludes halogenated alkanes) is 10. The Morgan fingerprint density at radius 2 is 1.16 bits per heavy atom. The van der Waals surface area contributed by atoms with Crippen LogP contribution in [0.3, 0.4) is 0 Å². The summed E-state index contributed by atoms with van der Waals surface area (Å²) in [5.41, 5.74) is 5.39. The van der Waals surface area contributed by atoms with E-state index in [1.807, 2.05) is 0 Å². The Morgan fingerprint density at radius 1 is 0.680 bits per heavy atom. The van der Waals surface area contributed by atoms with Crippen LogP contribution in [-0.2, 0) is 4.79 Å². The Balaban J connectivity index is 3.13. The summed E-state index contributed by atoms with van der Waals surface area (Å²) in [6.45, 7) is 7.17. The first-order chi connectivity index (χ1) is 12.3. The maximum atomic E-state index is 11.7. The topological polar surface area (TPSA) is 79.2 Å². The van der Waals surface area contributed by atoms with Crippen molar-refractivity contribution in [2.24, 2.45) is 5.73 Å². The first-order valence-corrected chi connectivity index (χ1v) is 10.7. The van der Waals surface area contributed by atoms with E-state index in [-0.39, 0.29) is 5.91 Å². The maximum Gasteiger partial charge on any atom is 0.220 e. The Kier molecular flexibility index (Phi) is 20.8. The molecule has 1 amide bonds. The number of nitrogens with two attached hydrogens (primary N) is 1. The Hall–Kier alpha value is -0.650. The fourth-order valence-corrected chi connectivity index (χ4v) is 2.86. The van der Waals surface area contributed by atoms with Gasteiger partial charge in [-0.3, -0.25) is 4.79 Å². The molecule has 0 aromatic heterocycles. The molecule has 0 fully saturated rings. The Labute approximate surface area is 156 Å². The highest BCUT2D eigenvalue weighted by Gasteiger charge is 2.00. The minimum Gasteiger partial charge on any atom is -0.355 e. The zero-order chi connectivity index (χ0) is 18.4. The van der Waals surface area contributed by atoms with Crippen molar-refractivity contribution in [3.63, 3.8) is 0 Å². The summed E-state index contributed by atoms with van der Waals surface area (Å²) in [4.78, 5) is 11.7. The van der Waals surface area contributed by atoms with E-state index < -0.39 is 0 Å². The van der Waals surface area contributed by atoms with Crippen LogP contribution in [0.15, 0.2) is 0 Å². The van der Waals surface area contributed by atoms with E-state index in [9.17, 15) is 4.79 Å². The summed E-state index contributed by atoms with van der Waals surface area (Å²) >= 11 is 0. The highest BCUT2D eigenvalue weighted by molar-refractivity contribution is 5.75. The largest absolute Gasteiger partial charge is 0.355 e. The molecule has 0 aliphatic heterocycles. The average molecular weight is 357 g/mol. The zero-order valence-electron chi connectivity index (χ0n) is 16.7. The number of hydrogen-bond acceptors (Lipinski definition) is 4. The predicted octanol–water partition coefficient (Wildman–Crippen LogP) is 2.94. The second-order valence-electron chi connectivity index (χ2n) is 6.92. The molecule has 5 N–H and O–H groups in total. The number of rotatable bonds is 20. The molecular weight excluding hydrogens is 312 g/mol. The van der Waals surface area contributed by atoms with Crippen molar-refractivity contribution in [1.29, 1.82) is 0 Å². The summed E-state index contributed by atoms with van der Waals surface area (Å²) in [6.07, 6.45) is 15.2. The molecule has 0 atom stereocenters. The van der Waals surface area contributed by atoms with Gasteiger partial charge < -0.3 is 21.7 Å². The van der Waals surface area contributed by atoms with Crippen molar-refractivity contribution in [2.75, 3.05) is 39.3 Å². The van der Waals surface area contributed by atoms with Gasteiger partial charge in [0.1, 0.15) is 0 Å². The molecule has 0 saturated carbocycles. The van der Waals surface area contributed by atoms with Crippen molar-refractivity contribution in [3.05, 3.63) is 0 Å². The summed E-state index contributed by atoms with van der Waals surface area (Å²) in [5, 5.41) is 9.50. The zero-order valence-corrected chi connectivity index (χ0v) is 16.7. The van der Waals surface area contributed by atoms with E-state index in [0.29, 0.717) is 19.5 Å². The fourth-order valence-electron chi connectivity index (χ4n) is 2.86. The third-order valence-corrected chi connectivity index (χ3v) is 4.43. The monoisotopic (exact) mass is 356 g/mol. The van der Waals surface area contributed by atoms with E-state index in [1.165, 1.54) is 64.2 Å². The molecule has 0 aliphatic carbocycles. The number of hydrogen-bond donors (Lipinski definition) is 4. The minimum atomic E-state index is 0.194. The number of amides is 1. The summed E-state index contributed by atoms with van der Waals surface area (Å²) in [7, 11) is 0. The molecule has 0 rings (SSSR count). The lowest BCUT2D eigenvalue weighted by atomic mass is 10.1. The van der Waals surface area contributed by atoms with Gasteiger partial charge >= 0.3 is 0 Å². The normalized spacial score (nSPS) is 11.0. The van der Waals surface area contributed by atoms with E-state index in [4.69, 9.17) is 5.73 Å². The standard InChI is InChI=1S/C20H44N4O/c1-2-3-4-5-6-7-8-9-10-11-12-13-20(25)24-19-18-23-17-16-22-15-14-21/h22-23H,2-19,21H2,1H3,(H,24,25). The van der Waals surface area contributed by atoms with Gasteiger partial charge in [-0.05, 0) is 6.42 Å². The lowest BCUT2D eigenvalue weighted by molar-refractivity contribution is -0.121. The van der Waals surface area contributed by atoms with Crippen LogP contribution >= 0.6 is 0 Å². The molecule has 0 unspecified atom stereocenters. The van der Waals surface area contributed by atoms with Crippen LogP contribution in [0.25, 0.3) is 0 Å². The molecule has 0 saturated heterocycles. The van der Waals surface area contributed by atoms with Gasteiger partial charge in [-0.1, -0.05) is 71.1 Å². The number of carbonyl (C=O) groups excluding carboxylic acids is 1. The molecule has 0 aromatic rings. The van der Waals surface area contributed by atoms with Gasteiger partial charge in [0.25, 0.3) is 0 Å². The van der Waals surface area contributed by atoms with Gasteiger partial charge in [0.05, 0.1) is 0 Å². The van der Waals surface area contributed by atoms with Crippen LogP contribution in [0.2, 0.25) is 0 Å². The number of carbonyl (C=O) groups is 1. The second kappa shape index (κ2) is 21.4. The van der Waals surface area contributed by atoms with Crippen molar-refractivity contribution in [2.45, 2.75) is 84.0 Å². The van der Waals surface area contributed by atoms with Crippen LogP contribution < -0.4 is 21.7 Å². The van der Waals surface area contributed by atoms with Crippen molar-refractivity contribution < 1.29 is 4.79 Å². The van der Waals surface area contributed by atoms with Crippen molar-refractivity contribution in [1.82, 2.24) is 16.0 Å². The van der Waals surface area contributed by atoms with Crippen LogP contribution in [0, 0.1) is 0 Å². The molecule has 25 heavy (non-hydrogen) atoms. The lowest BCUT2D eigenvalue weighted by Gasteiger charge is -2.07. The number of nitrogens with one attached hydrogen (secondary N) is 3. The van der Waals surface area contributed by atoms with Gasteiger partial charge in [-0.2, -0.15) is 0 Å². The SMILES string of the molecule is CCCCCCCCCCCCCC(=O)NCCNCCNCCN. The van der Waals surface area contributed by atoms with E-state index in [1.54, 1.807) is 0 Å². The highest BCUT2D eigenvalue weighted by atomic mass is 16.1. The molecule has 5 heteroatoms. The quantitative estimate of drug-likeness (QED) is 0.253. The van der Waals surface area contributed by atoms with Crippen molar-refractivity contribution in [3.8, 4) is 0 Å². The molecular formula is C20H44N4O. The van der Waals surface area contributed by atoms with Crippen molar-refractivity contribution >= 4 is 5.91 Å². The van der Waals surface area contributed by atoms with Gasteiger partial charge in [-0.15, -0.1) is 0 Å². The van der Waals surface area contributed by atoms with E-state index in [2.05, 4.69) is 22.9 Å². The molecule has 0 radical (unpaired) electrons. The first kappa shape index (κ1) is 24.4. The molecule has 0 aliphatic rings. The maximum absolute atomic E-state index is 11.7. The Morgan fingerprint density at radius 3 is 1.72 bits per heavy atom. The van der Waals surface area contributed by atoms with E-state index >= 15 is 0 Å². The fraction of sp³-hybridized carbons (Fsp3) is 0.950. The molecule has 5 nitrogen and oxygen atoms in total. The van der Waals surface area contributed by atoms with E-state index in [0.717, 1.165) is 32.6 Å². The van der Waals surface area contributed by atoms with Gasteiger partial charge in [0, 0.05) is 45.7 Å². The lowest BCUT2D eigenvalue weighted by Crippen LogP contribution is -2.35. The van der Waals surface area contributed by atoms with Gasteiger partial charge in [0.15, 0.2) is 0 Å². The molecule has 0 bridgehead atoms. The summed E-state index contributed by atoms with van der Waals surface area (Å²) < 4.78 is 0. The second-order valence-corrected chi connectivity index (χ2v) is 6.92. The first-order valence-electron chi connectivity index (χ1n) is 10.7. The van der Waals surface area contributed by atoms with Crippen LogP contribution in [0.5, 0.6) is 0 Å². The molecule has 150 valence electrons. The summed E-state index contributed by atoms with van der Waals surface area (Å²) in [5.74, 6) is 0.194. The van der Waals surface area contributed by atoms with Crippen LogP contribution in [0.1, 0.15) is 84.0 Å². The van der Waals surface area contributed by atoms with Gasteiger partial charge in [-0.25, -0.2) is 0 Å². The molecule has 0 aromatic carbocycles. The Bertz CT molecular complexity index is 274. The van der Waals surface area contributed by atoms with Gasteiger partial charge in [0.2, 0.25) is 5.91 Å². The highest BCUT2D eigenvalue weighted by Crippen LogP contribution is 2.11. The average Bonchev–Trinajstić information content (AvgIpc) is 2.62. The third kappa shape index (κ3) is 21.3. The smallest absolute Gasteiger partial charge is 0.220 e. The predicted molar refractivity (Wildman–Crippen MR) is 109 cm³/mol.